The first-order valence-electron chi connectivity index (χ1n) is 11.7. The summed E-state index contributed by atoms with van der Waals surface area (Å²) >= 11 is 11.8. The van der Waals surface area contributed by atoms with Crippen molar-refractivity contribution in [2.24, 2.45) is 0 Å². The molecule has 0 saturated carbocycles. The number of pyridine rings is 1. The molecule has 2 aliphatic heterocycles. The molecule has 0 aliphatic carbocycles. The Labute approximate surface area is 223 Å². The first-order chi connectivity index (χ1) is 17.7. The van der Waals surface area contributed by atoms with Gasteiger partial charge in [-0.05, 0) is 25.1 Å². The number of methoxy groups -OCH3 is 1. The number of ether oxygens (including phenoxy) is 3. The van der Waals surface area contributed by atoms with Crippen molar-refractivity contribution in [1.82, 2.24) is 15.6 Å². The van der Waals surface area contributed by atoms with E-state index in [-0.39, 0.29) is 48.7 Å². The summed E-state index contributed by atoms with van der Waals surface area (Å²) in [6.45, 7) is 1.83. The fourth-order valence-electron chi connectivity index (χ4n) is 4.13. The molecule has 4 rings (SSSR count). The van der Waals surface area contributed by atoms with Gasteiger partial charge in [0.25, 0.3) is 11.8 Å². The maximum atomic E-state index is 13.9. The van der Waals surface area contributed by atoms with E-state index >= 15 is 0 Å². The highest BCUT2D eigenvalue weighted by molar-refractivity contribution is 7.81. The number of hydrogen-bond donors (Lipinski definition) is 3. The van der Waals surface area contributed by atoms with E-state index in [9.17, 15) is 13.6 Å². The van der Waals surface area contributed by atoms with Crippen LogP contribution in [0.4, 0.5) is 14.5 Å². The Morgan fingerprint density at radius 2 is 2.19 bits per heavy atom. The Morgan fingerprint density at radius 1 is 1.38 bits per heavy atom. The summed E-state index contributed by atoms with van der Waals surface area (Å²) in [5, 5.41) is 9.64. The van der Waals surface area contributed by atoms with Crippen LogP contribution in [0.3, 0.4) is 0 Å². The van der Waals surface area contributed by atoms with Crippen molar-refractivity contribution in [2.75, 3.05) is 25.6 Å². The summed E-state index contributed by atoms with van der Waals surface area (Å²) in [6, 6.07) is 6.76. The quantitative estimate of drug-likeness (QED) is 0.398. The van der Waals surface area contributed by atoms with Gasteiger partial charge in [-0.15, -0.1) is 0 Å². The minimum atomic E-state index is -2.93. The second-order valence-electron chi connectivity index (χ2n) is 8.73. The SMILES string of the molecule is COc1c(Cl)cccc1NC(=S)C1=C(NCc2ccncc2OCC2OCCC2(F)F)C[C@@H](C)NC1=O. The summed E-state index contributed by atoms with van der Waals surface area (Å²) in [5.74, 6) is -2.50. The minimum absolute atomic E-state index is 0.00529. The molecule has 1 aromatic carbocycles. The van der Waals surface area contributed by atoms with Crippen LogP contribution < -0.4 is 25.4 Å². The molecule has 0 bridgehead atoms. The molecule has 2 aliphatic rings. The Kier molecular flexibility index (Phi) is 8.46. The Hall–Kier alpha value is -3.02. The molecule has 0 radical (unpaired) electrons. The van der Waals surface area contributed by atoms with E-state index in [4.69, 9.17) is 38.0 Å². The summed E-state index contributed by atoms with van der Waals surface area (Å²) in [5.41, 5.74) is 2.11. The highest BCUT2D eigenvalue weighted by Crippen LogP contribution is 2.34. The van der Waals surface area contributed by atoms with Gasteiger partial charge in [-0.3, -0.25) is 9.78 Å². The molecule has 3 N–H and O–H groups in total. The molecule has 3 heterocycles. The van der Waals surface area contributed by atoms with Gasteiger partial charge in [0, 0.05) is 42.9 Å². The number of carbonyl (C=O) groups excluding carboxylic acids is 1. The maximum Gasteiger partial charge on any atom is 0.279 e. The van der Waals surface area contributed by atoms with Gasteiger partial charge in [0.2, 0.25) is 0 Å². The van der Waals surface area contributed by atoms with Gasteiger partial charge < -0.3 is 30.2 Å². The summed E-state index contributed by atoms with van der Waals surface area (Å²) in [6.07, 6.45) is 1.91. The minimum Gasteiger partial charge on any atom is -0.493 e. The molecule has 2 atom stereocenters. The van der Waals surface area contributed by atoms with Crippen LogP contribution in [0.1, 0.15) is 25.3 Å². The molecule has 8 nitrogen and oxygen atoms in total. The zero-order valence-corrected chi connectivity index (χ0v) is 21.8. The third-order valence-corrected chi connectivity index (χ3v) is 6.64. The average Bonchev–Trinajstić information content (AvgIpc) is 3.19. The first-order valence-corrected chi connectivity index (χ1v) is 12.4. The van der Waals surface area contributed by atoms with E-state index < -0.39 is 12.0 Å². The van der Waals surface area contributed by atoms with Crippen LogP contribution >= 0.6 is 23.8 Å². The molecule has 1 amide bonds. The number of hydrogen-bond acceptors (Lipinski definition) is 7. The lowest BCUT2D eigenvalue weighted by Gasteiger charge is -2.27. The molecule has 2 aromatic rings. The van der Waals surface area contributed by atoms with Crippen molar-refractivity contribution in [1.29, 1.82) is 0 Å². The normalized spacial score (nSPS) is 20.8. The van der Waals surface area contributed by atoms with E-state index in [1.165, 1.54) is 13.3 Å². The predicted molar refractivity (Wildman–Crippen MR) is 139 cm³/mol. The molecule has 1 fully saturated rings. The van der Waals surface area contributed by atoms with Gasteiger partial charge in [-0.25, -0.2) is 8.78 Å². The molecule has 12 heteroatoms. The van der Waals surface area contributed by atoms with Gasteiger partial charge in [0.05, 0.1) is 36.2 Å². The molecular weight excluding hydrogens is 526 g/mol. The number of benzene rings is 1. The smallest absolute Gasteiger partial charge is 0.279 e. The standard InChI is InChI=1S/C25H27ClF2N4O4S/c1-14-10-18(21(23(33)31-14)24(37)32-17-5-3-4-16(26)22(17)34-2)30-11-15-6-8-29-12-19(15)36-13-20-25(27,28)7-9-35-20/h3-6,8,12,14,20,30H,7,9-11,13H2,1-2H3,(H,31,33)(H,32,37)/t14-,20?/m1/s1. The Balaban J connectivity index is 1.52. The second kappa shape index (κ2) is 11.6. The van der Waals surface area contributed by atoms with Gasteiger partial charge in [-0.1, -0.05) is 29.9 Å². The van der Waals surface area contributed by atoms with Gasteiger partial charge in [0.15, 0.2) is 11.9 Å². The van der Waals surface area contributed by atoms with E-state index in [0.29, 0.717) is 39.9 Å². The van der Waals surface area contributed by atoms with Gasteiger partial charge in [-0.2, -0.15) is 0 Å². The highest BCUT2D eigenvalue weighted by atomic mass is 35.5. The van der Waals surface area contributed by atoms with Crippen LogP contribution in [0.25, 0.3) is 0 Å². The lowest BCUT2D eigenvalue weighted by Crippen LogP contribution is -2.44. The van der Waals surface area contributed by atoms with E-state index in [1.54, 1.807) is 30.5 Å². The van der Waals surface area contributed by atoms with E-state index in [2.05, 4.69) is 20.9 Å². The summed E-state index contributed by atoms with van der Waals surface area (Å²) in [4.78, 5) is 17.2. The fourth-order valence-corrected chi connectivity index (χ4v) is 4.71. The topological polar surface area (TPSA) is 93.7 Å². The second-order valence-corrected chi connectivity index (χ2v) is 9.54. The van der Waals surface area contributed by atoms with Gasteiger partial charge >= 0.3 is 0 Å². The van der Waals surface area contributed by atoms with Crippen LogP contribution in [0.15, 0.2) is 47.9 Å². The number of thiocarbonyl (C=S) groups is 1. The van der Waals surface area contributed by atoms with Crippen LogP contribution in [0.2, 0.25) is 5.02 Å². The number of aromatic nitrogens is 1. The number of anilines is 1. The summed E-state index contributed by atoms with van der Waals surface area (Å²) < 4.78 is 44.0. The highest BCUT2D eigenvalue weighted by Gasteiger charge is 2.45. The Morgan fingerprint density at radius 3 is 2.92 bits per heavy atom. The monoisotopic (exact) mass is 552 g/mol. The largest absolute Gasteiger partial charge is 0.493 e. The first kappa shape index (κ1) is 27.0. The number of nitrogens with zero attached hydrogens (tertiary/aromatic N) is 1. The number of amides is 1. The van der Waals surface area contributed by atoms with E-state index in [0.717, 1.165) is 0 Å². The number of carbonyl (C=O) groups is 1. The molecule has 37 heavy (non-hydrogen) atoms. The fraction of sp³-hybridized carbons (Fsp3) is 0.400. The molecule has 1 saturated heterocycles. The number of para-hydroxylation sites is 1. The maximum absolute atomic E-state index is 13.9. The van der Waals surface area contributed by atoms with Crippen molar-refractivity contribution in [3.05, 3.63) is 58.5 Å². The zero-order chi connectivity index (χ0) is 26.6. The van der Waals surface area contributed by atoms with Gasteiger partial charge in [0.1, 0.15) is 17.3 Å². The lowest BCUT2D eigenvalue weighted by atomic mass is 10.0. The number of halogens is 3. The molecule has 1 aromatic heterocycles. The van der Waals surface area contributed by atoms with Crippen LogP contribution in [0, 0.1) is 0 Å². The van der Waals surface area contributed by atoms with Crippen molar-refractivity contribution >= 4 is 40.4 Å². The number of nitrogens with one attached hydrogen (secondary N) is 3. The van der Waals surface area contributed by atoms with Crippen molar-refractivity contribution in [3.63, 3.8) is 0 Å². The number of alkyl halides is 2. The molecule has 0 spiro atoms. The third kappa shape index (κ3) is 6.28. The van der Waals surface area contributed by atoms with Crippen molar-refractivity contribution < 1.29 is 27.8 Å². The summed E-state index contributed by atoms with van der Waals surface area (Å²) in [7, 11) is 1.49. The van der Waals surface area contributed by atoms with Crippen LogP contribution in [-0.4, -0.2) is 54.3 Å². The van der Waals surface area contributed by atoms with Crippen LogP contribution in [0.5, 0.6) is 11.5 Å². The zero-order valence-electron chi connectivity index (χ0n) is 20.3. The molecule has 1 unspecified atom stereocenters. The number of rotatable bonds is 9. The lowest BCUT2D eigenvalue weighted by molar-refractivity contribution is -0.118. The van der Waals surface area contributed by atoms with Crippen LogP contribution in [-0.2, 0) is 16.1 Å². The van der Waals surface area contributed by atoms with Crippen molar-refractivity contribution in [3.8, 4) is 11.5 Å². The van der Waals surface area contributed by atoms with E-state index in [1.807, 2.05) is 6.92 Å². The molecular formula is C25H27ClF2N4O4S. The predicted octanol–water partition coefficient (Wildman–Crippen LogP) is 4.24. The van der Waals surface area contributed by atoms with Crippen molar-refractivity contribution in [2.45, 2.75) is 44.4 Å². The average molecular weight is 553 g/mol. The third-order valence-electron chi connectivity index (χ3n) is 6.04. The molecule has 198 valence electrons. The Bertz CT molecular complexity index is 1210.